The number of hydrogen-bond donors (Lipinski definition) is 0. The topological polar surface area (TPSA) is 38.7 Å². The van der Waals surface area contributed by atoms with Crippen LogP contribution < -0.4 is 0 Å². The standard InChI is InChI=1S/C49H29N3S/c1-3-12-30(13-4-1)43-29-44(52-49(51-43)31-14-5-2-6-15-31)36-26-33(25-35(27-36)37-22-23-50-47-41-19-9-10-21-45(41)53-48(37)47)34-24-32-16-11-20-40-38-17-7-8-18-39(38)42(28-34)46(32)40/h1-29H. The number of rotatable bonds is 5. The Hall–Kier alpha value is -6.75. The van der Waals surface area contributed by atoms with E-state index in [4.69, 9.17) is 15.0 Å². The minimum atomic E-state index is 0.702. The van der Waals surface area contributed by atoms with Gasteiger partial charge in [-0.25, -0.2) is 9.97 Å². The second-order valence-electron chi connectivity index (χ2n) is 13.6. The quantitative estimate of drug-likeness (QED) is 0.180. The molecule has 0 atom stereocenters. The molecule has 11 rings (SSSR count). The van der Waals surface area contributed by atoms with Gasteiger partial charge in [0.2, 0.25) is 0 Å². The van der Waals surface area contributed by atoms with Crippen LogP contribution in [0.1, 0.15) is 0 Å². The largest absolute Gasteiger partial charge is 0.255 e. The molecule has 0 aliphatic heterocycles. The fourth-order valence-electron chi connectivity index (χ4n) is 7.98. The van der Waals surface area contributed by atoms with Crippen LogP contribution in [0.15, 0.2) is 176 Å². The van der Waals surface area contributed by atoms with Crippen LogP contribution in [0.3, 0.4) is 0 Å². The van der Waals surface area contributed by atoms with Crippen molar-refractivity contribution >= 4 is 42.4 Å². The van der Waals surface area contributed by atoms with Crippen molar-refractivity contribution in [1.82, 2.24) is 15.0 Å². The van der Waals surface area contributed by atoms with Gasteiger partial charge in [-0.2, -0.15) is 0 Å². The van der Waals surface area contributed by atoms with Crippen molar-refractivity contribution in [2.75, 3.05) is 0 Å². The van der Waals surface area contributed by atoms with Gasteiger partial charge in [0.15, 0.2) is 5.82 Å². The molecule has 3 heterocycles. The lowest BCUT2D eigenvalue weighted by Gasteiger charge is -2.14. The average molecular weight is 692 g/mol. The van der Waals surface area contributed by atoms with Gasteiger partial charge in [0.25, 0.3) is 0 Å². The van der Waals surface area contributed by atoms with Crippen molar-refractivity contribution in [3.8, 4) is 78.4 Å². The molecule has 0 bridgehead atoms. The van der Waals surface area contributed by atoms with Gasteiger partial charge in [-0.3, -0.25) is 4.98 Å². The Balaban J connectivity index is 1.19. The Labute approximate surface area is 310 Å². The molecule has 4 heteroatoms. The van der Waals surface area contributed by atoms with Gasteiger partial charge in [0, 0.05) is 38.5 Å². The fourth-order valence-corrected chi connectivity index (χ4v) is 9.18. The Bertz CT molecular complexity index is 3000. The van der Waals surface area contributed by atoms with E-state index in [1.54, 1.807) is 11.3 Å². The summed E-state index contributed by atoms with van der Waals surface area (Å²) in [5, 5.41) is 3.76. The Kier molecular flexibility index (Phi) is 6.73. The predicted molar refractivity (Wildman–Crippen MR) is 222 cm³/mol. The second-order valence-corrected chi connectivity index (χ2v) is 14.7. The van der Waals surface area contributed by atoms with Gasteiger partial charge in [0.05, 0.1) is 21.6 Å². The van der Waals surface area contributed by atoms with E-state index in [2.05, 4.69) is 146 Å². The summed E-state index contributed by atoms with van der Waals surface area (Å²) in [4.78, 5) is 15.2. The van der Waals surface area contributed by atoms with E-state index in [0.29, 0.717) is 5.82 Å². The normalized spacial score (nSPS) is 11.8. The maximum atomic E-state index is 5.27. The number of fused-ring (bicyclic) bond motifs is 6. The second kappa shape index (κ2) is 11.9. The van der Waals surface area contributed by atoms with Crippen LogP contribution in [0.25, 0.3) is 109 Å². The third-order valence-corrected chi connectivity index (χ3v) is 11.6. The summed E-state index contributed by atoms with van der Waals surface area (Å²) in [7, 11) is 0. The van der Waals surface area contributed by atoms with Crippen LogP contribution in [-0.2, 0) is 0 Å². The molecule has 1 aliphatic carbocycles. The van der Waals surface area contributed by atoms with Crippen molar-refractivity contribution in [1.29, 1.82) is 0 Å². The smallest absolute Gasteiger partial charge is 0.160 e. The molecule has 10 aromatic rings. The van der Waals surface area contributed by atoms with E-state index in [0.717, 1.165) is 50.3 Å². The molecule has 0 spiro atoms. The molecule has 0 saturated carbocycles. The molecule has 1 aliphatic rings. The first kappa shape index (κ1) is 29.9. The fraction of sp³-hybridized carbons (Fsp3) is 0. The minimum absolute atomic E-state index is 0.702. The van der Waals surface area contributed by atoms with Crippen molar-refractivity contribution in [2.45, 2.75) is 0 Å². The van der Waals surface area contributed by atoms with Crippen LogP contribution in [0.4, 0.5) is 0 Å². The number of pyridine rings is 1. The summed E-state index contributed by atoms with van der Waals surface area (Å²) in [6.45, 7) is 0. The Morgan fingerprint density at radius 1 is 0.396 bits per heavy atom. The van der Waals surface area contributed by atoms with E-state index in [9.17, 15) is 0 Å². The molecular weight excluding hydrogens is 663 g/mol. The lowest BCUT2D eigenvalue weighted by atomic mass is 9.91. The molecule has 0 N–H and O–H groups in total. The summed E-state index contributed by atoms with van der Waals surface area (Å²) in [6.07, 6.45) is 1.95. The number of benzene rings is 7. The highest BCUT2D eigenvalue weighted by atomic mass is 32.1. The molecule has 53 heavy (non-hydrogen) atoms. The first-order valence-electron chi connectivity index (χ1n) is 17.8. The van der Waals surface area contributed by atoms with Crippen LogP contribution >= 0.6 is 11.3 Å². The highest BCUT2D eigenvalue weighted by molar-refractivity contribution is 7.26. The van der Waals surface area contributed by atoms with E-state index >= 15 is 0 Å². The zero-order chi connectivity index (χ0) is 34.9. The van der Waals surface area contributed by atoms with Crippen LogP contribution in [0.2, 0.25) is 0 Å². The van der Waals surface area contributed by atoms with Crippen molar-refractivity contribution in [2.24, 2.45) is 0 Å². The highest BCUT2D eigenvalue weighted by Crippen LogP contribution is 2.49. The Morgan fingerprint density at radius 2 is 1.04 bits per heavy atom. The molecule has 0 saturated heterocycles. The van der Waals surface area contributed by atoms with Gasteiger partial charge in [-0.1, -0.05) is 121 Å². The highest BCUT2D eigenvalue weighted by Gasteiger charge is 2.23. The maximum Gasteiger partial charge on any atom is 0.160 e. The molecule has 7 aromatic carbocycles. The van der Waals surface area contributed by atoms with Gasteiger partial charge in [-0.15, -0.1) is 11.3 Å². The molecule has 0 unspecified atom stereocenters. The van der Waals surface area contributed by atoms with E-state index in [1.165, 1.54) is 53.4 Å². The lowest BCUT2D eigenvalue weighted by molar-refractivity contribution is 1.18. The Morgan fingerprint density at radius 3 is 1.87 bits per heavy atom. The molecular formula is C49H29N3S. The molecule has 246 valence electrons. The van der Waals surface area contributed by atoms with Crippen LogP contribution in [0, 0.1) is 0 Å². The number of nitrogens with zero attached hydrogens (tertiary/aromatic N) is 3. The summed E-state index contributed by atoms with van der Waals surface area (Å²) in [5.41, 5.74) is 15.6. The third-order valence-electron chi connectivity index (χ3n) is 10.4. The van der Waals surface area contributed by atoms with Crippen molar-refractivity contribution < 1.29 is 0 Å². The first-order valence-corrected chi connectivity index (χ1v) is 18.7. The molecule has 0 fully saturated rings. The summed E-state index contributed by atoms with van der Waals surface area (Å²) < 4.78 is 2.42. The third kappa shape index (κ3) is 4.91. The summed E-state index contributed by atoms with van der Waals surface area (Å²) >= 11 is 1.80. The zero-order valence-corrected chi connectivity index (χ0v) is 29.3. The summed E-state index contributed by atoms with van der Waals surface area (Å²) in [5.74, 6) is 0.702. The zero-order valence-electron chi connectivity index (χ0n) is 28.5. The number of thiophene rings is 1. The minimum Gasteiger partial charge on any atom is -0.255 e. The SMILES string of the molecule is c1ccc(-c2cc(-c3cc(-c4cc5c6c(cccc6c4)-c4ccccc4-5)cc(-c4ccnc5c4sc4ccccc45)c3)nc(-c3ccccc3)n2)cc1. The van der Waals surface area contributed by atoms with Crippen LogP contribution in [-0.4, -0.2) is 15.0 Å². The van der Waals surface area contributed by atoms with Crippen molar-refractivity contribution in [3.63, 3.8) is 0 Å². The molecule has 3 nitrogen and oxygen atoms in total. The lowest BCUT2D eigenvalue weighted by Crippen LogP contribution is -1.96. The molecule has 0 amide bonds. The molecule has 0 radical (unpaired) electrons. The van der Waals surface area contributed by atoms with Gasteiger partial charge < -0.3 is 0 Å². The van der Waals surface area contributed by atoms with Gasteiger partial charge >= 0.3 is 0 Å². The van der Waals surface area contributed by atoms with Gasteiger partial charge in [0.1, 0.15) is 0 Å². The summed E-state index contributed by atoms with van der Waals surface area (Å²) in [6, 6.07) is 60.6. The maximum absolute atomic E-state index is 5.27. The van der Waals surface area contributed by atoms with Crippen molar-refractivity contribution in [3.05, 3.63) is 176 Å². The monoisotopic (exact) mass is 691 g/mol. The van der Waals surface area contributed by atoms with E-state index in [-0.39, 0.29) is 0 Å². The predicted octanol–water partition coefficient (Wildman–Crippen LogP) is 13.4. The molecule has 3 aromatic heterocycles. The van der Waals surface area contributed by atoms with E-state index in [1.807, 2.05) is 30.5 Å². The average Bonchev–Trinajstić information content (AvgIpc) is 3.78. The number of hydrogen-bond acceptors (Lipinski definition) is 4. The van der Waals surface area contributed by atoms with E-state index < -0.39 is 0 Å². The van der Waals surface area contributed by atoms with Gasteiger partial charge in [-0.05, 0) is 98.2 Å². The number of aromatic nitrogens is 3. The van der Waals surface area contributed by atoms with Crippen LogP contribution in [0.5, 0.6) is 0 Å². The first-order chi connectivity index (χ1) is 26.2.